The maximum Gasteiger partial charge on any atom is 0.261 e. The molecule has 1 heterocycles. The van der Waals surface area contributed by atoms with Crippen LogP contribution >= 0.6 is 15.9 Å². The van der Waals surface area contributed by atoms with Crippen LogP contribution in [0.2, 0.25) is 0 Å². The number of amides is 2. The van der Waals surface area contributed by atoms with E-state index in [0.717, 1.165) is 4.47 Å². The third kappa shape index (κ3) is 4.32. The first-order chi connectivity index (χ1) is 10.9. The lowest BCUT2D eigenvalue weighted by Gasteiger charge is -2.16. The van der Waals surface area contributed by atoms with E-state index >= 15 is 0 Å². The first-order valence-corrected chi connectivity index (χ1v) is 7.58. The number of benzene rings is 1. The average Bonchev–Trinajstić information content (AvgIpc) is 2.87. The fourth-order valence-electron chi connectivity index (χ4n) is 2.03. The molecule has 2 aromatic rings. The van der Waals surface area contributed by atoms with Crippen molar-refractivity contribution in [3.8, 4) is 5.88 Å². The Kier molecular flexibility index (Phi) is 5.38. The lowest BCUT2D eigenvalue weighted by Crippen LogP contribution is -2.35. The number of hydrogen-bond acceptors (Lipinski definition) is 4. The van der Waals surface area contributed by atoms with Crippen LogP contribution in [0.25, 0.3) is 0 Å². The van der Waals surface area contributed by atoms with Gasteiger partial charge in [0.05, 0.1) is 13.7 Å². The van der Waals surface area contributed by atoms with Crippen LogP contribution in [0.1, 0.15) is 10.4 Å². The van der Waals surface area contributed by atoms with E-state index in [4.69, 9.17) is 4.74 Å². The first kappa shape index (κ1) is 17.0. The van der Waals surface area contributed by atoms with Gasteiger partial charge in [0.25, 0.3) is 5.91 Å². The summed E-state index contributed by atoms with van der Waals surface area (Å²) < 4.78 is 7.41. The van der Waals surface area contributed by atoms with Crippen molar-refractivity contribution in [1.29, 1.82) is 0 Å². The maximum absolute atomic E-state index is 12.4. The van der Waals surface area contributed by atoms with Gasteiger partial charge in [0.1, 0.15) is 5.56 Å². The molecular formula is C15H17BrN4O3. The molecular weight excluding hydrogens is 364 g/mol. The van der Waals surface area contributed by atoms with Gasteiger partial charge >= 0.3 is 0 Å². The number of likely N-dealkylation sites (N-methyl/N-ethyl adjacent to an activating group) is 1. The summed E-state index contributed by atoms with van der Waals surface area (Å²) in [7, 11) is 4.69. The quantitative estimate of drug-likeness (QED) is 0.859. The summed E-state index contributed by atoms with van der Waals surface area (Å²) >= 11 is 3.34. The van der Waals surface area contributed by atoms with E-state index in [0.29, 0.717) is 11.3 Å². The number of aryl methyl sites for hydroxylation is 1. The minimum atomic E-state index is -0.334. The van der Waals surface area contributed by atoms with Gasteiger partial charge in [-0.15, -0.1) is 5.10 Å². The topological polar surface area (TPSA) is 76.5 Å². The molecule has 8 heteroatoms. The highest BCUT2D eigenvalue weighted by atomic mass is 79.9. The zero-order valence-corrected chi connectivity index (χ0v) is 14.6. The summed E-state index contributed by atoms with van der Waals surface area (Å²) in [6.07, 6.45) is 1.56. The number of ether oxygens (including phenoxy) is 1. The molecule has 7 nitrogen and oxygen atoms in total. The Morgan fingerprint density at radius 1 is 1.43 bits per heavy atom. The van der Waals surface area contributed by atoms with Crippen LogP contribution in [0.5, 0.6) is 5.88 Å². The van der Waals surface area contributed by atoms with E-state index in [-0.39, 0.29) is 24.2 Å². The molecule has 1 aromatic carbocycles. The second kappa shape index (κ2) is 7.28. The molecule has 0 spiro atoms. The van der Waals surface area contributed by atoms with Gasteiger partial charge in [0, 0.05) is 30.5 Å². The summed E-state index contributed by atoms with van der Waals surface area (Å²) in [5.74, 6) is -0.391. The second-order valence-corrected chi connectivity index (χ2v) is 5.86. The van der Waals surface area contributed by atoms with Gasteiger partial charge in [-0.05, 0) is 18.2 Å². The fraction of sp³-hybridized carbons (Fsp3) is 0.267. The Morgan fingerprint density at radius 3 is 2.83 bits per heavy atom. The molecule has 0 bridgehead atoms. The molecule has 0 atom stereocenters. The van der Waals surface area contributed by atoms with Crippen molar-refractivity contribution < 1.29 is 14.3 Å². The van der Waals surface area contributed by atoms with E-state index in [9.17, 15) is 9.59 Å². The van der Waals surface area contributed by atoms with E-state index in [1.165, 1.54) is 16.7 Å². The monoisotopic (exact) mass is 380 g/mol. The van der Waals surface area contributed by atoms with E-state index in [1.807, 2.05) is 12.1 Å². The number of carbonyl (C=O) groups excluding carboxylic acids is 2. The van der Waals surface area contributed by atoms with Crippen molar-refractivity contribution in [1.82, 2.24) is 14.7 Å². The Labute approximate surface area is 142 Å². The highest BCUT2D eigenvalue weighted by Gasteiger charge is 2.21. The van der Waals surface area contributed by atoms with Crippen LogP contribution in [0, 0.1) is 0 Å². The Bertz CT molecular complexity index is 729. The van der Waals surface area contributed by atoms with Gasteiger partial charge in [-0.1, -0.05) is 22.0 Å². The SMILES string of the molecule is COc1nn(C)cc1C(=O)N(C)CC(=O)Nc1cccc(Br)c1. The second-order valence-electron chi connectivity index (χ2n) is 4.95. The minimum absolute atomic E-state index is 0.0800. The van der Waals surface area contributed by atoms with Crippen LogP contribution in [0.15, 0.2) is 34.9 Å². The van der Waals surface area contributed by atoms with Crippen molar-refractivity contribution in [2.45, 2.75) is 0 Å². The molecule has 2 rings (SSSR count). The van der Waals surface area contributed by atoms with Gasteiger partial charge in [-0.2, -0.15) is 0 Å². The summed E-state index contributed by atoms with van der Waals surface area (Å²) in [4.78, 5) is 25.8. The Morgan fingerprint density at radius 2 is 2.17 bits per heavy atom. The lowest BCUT2D eigenvalue weighted by molar-refractivity contribution is -0.116. The smallest absolute Gasteiger partial charge is 0.261 e. The third-order valence-corrected chi connectivity index (χ3v) is 3.55. The summed E-state index contributed by atoms with van der Waals surface area (Å²) in [6.45, 7) is -0.0800. The summed E-state index contributed by atoms with van der Waals surface area (Å²) in [5, 5.41) is 6.77. The molecule has 0 aliphatic rings. The lowest BCUT2D eigenvalue weighted by atomic mass is 10.3. The largest absolute Gasteiger partial charge is 0.479 e. The van der Waals surface area contributed by atoms with Crippen LogP contribution in [-0.4, -0.2) is 47.2 Å². The zero-order chi connectivity index (χ0) is 17.0. The molecule has 0 fully saturated rings. The number of methoxy groups -OCH3 is 1. The summed E-state index contributed by atoms with van der Waals surface area (Å²) in [5.41, 5.74) is 0.969. The van der Waals surface area contributed by atoms with Crippen molar-refractivity contribution in [3.05, 3.63) is 40.5 Å². The van der Waals surface area contributed by atoms with Gasteiger partial charge in [0.15, 0.2) is 0 Å². The van der Waals surface area contributed by atoms with Crippen molar-refractivity contribution in [2.24, 2.45) is 7.05 Å². The Balaban J connectivity index is 2.01. The van der Waals surface area contributed by atoms with Gasteiger partial charge in [0.2, 0.25) is 11.8 Å². The number of halogens is 1. The minimum Gasteiger partial charge on any atom is -0.479 e. The molecule has 122 valence electrons. The molecule has 23 heavy (non-hydrogen) atoms. The van der Waals surface area contributed by atoms with Gasteiger partial charge in [-0.3, -0.25) is 14.3 Å². The zero-order valence-electron chi connectivity index (χ0n) is 13.0. The molecule has 2 amide bonds. The number of hydrogen-bond donors (Lipinski definition) is 1. The molecule has 0 radical (unpaired) electrons. The molecule has 0 saturated heterocycles. The first-order valence-electron chi connectivity index (χ1n) is 6.79. The highest BCUT2D eigenvalue weighted by Crippen LogP contribution is 2.17. The molecule has 0 unspecified atom stereocenters. The number of carbonyl (C=O) groups is 2. The molecule has 0 saturated carbocycles. The standard InChI is InChI=1S/C15H17BrN4O3/c1-19(15(22)12-8-20(2)18-14(12)23-3)9-13(21)17-11-6-4-5-10(16)7-11/h4-8H,9H2,1-3H3,(H,17,21). The van der Waals surface area contributed by atoms with Crippen molar-refractivity contribution in [2.75, 3.05) is 26.0 Å². The van der Waals surface area contributed by atoms with E-state index < -0.39 is 0 Å². The van der Waals surface area contributed by atoms with Gasteiger partial charge < -0.3 is 15.0 Å². The van der Waals surface area contributed by atoms with Crippen LogP contribution in [-0.2, 0) is 11.8 Å². The average molecular weight is 381 g/mol. The third-order valence-electron chi connectivity index (χ3n) is 3.05. The summed E-state index contributed by atoms with van der Waals surface area (Å²) in [6, 6.07) is 7.23. The number of nitrogens with one attached hydrogen (secondary N) is 1. The van der Waals surface area contributed by atoms with Crippen LogP contribution in [0.3, 0.4) is 0 Å². The van der Waals surface area contributed by atoms with E-state index in [2.05, 4.69) is 26.3 Å². The molecule has 1 N–H and O–H groups in total. The van der Waals surface area contributed by atoms with Crippen LogP contribution in [0.4, 0.5) is 5.69 Å². The number of nitrogens with zero attached hydrogens (tertiary/aromatic N) is 3. The number of rotatable bonds is 5. The maximum atomic E-state index is 12.4. The molecule has 0 aliphatic carbocycles. The van der Waals surface area contributed by atoms with E-state index in [1.54, 1.807) is 32.4 Å². The number of anilines is 1. The predicted molar refractivity (Wildman–Crippen MR) is 89.5 cm³/mol. The Hall–Kier alpha value is -2.35. The highest BCUT2D eigenvalue weighted by molar-refractivity contribution is 9.10. The normalized spacial score (nSPS) is 10.3. The molecule has 0 aliphatic heterocycles. The van der Waals surface area contributed by atoms with Crippen LogP contribution < -0.4 is 10.1 Å². The van der Waals surface area contributed by atoms with Gasteiger partial charge in [-0.25, -0.2) is 0 Å². The molecule has 1 aromatic heterocycles. The predicted octanol–water partition coefficient (Wildman–Crippen LogP) is 1.90. The fourth-order valence-corrected chi connectivity index (χ4v) is 2.42. The van der Waals surface area contributed by atoms with Crippen molar-refractivity contribution in [3.63, 3.8) is 0 Å². The van der Waals surface area contributed by atoms with Crippen molar-refractivity contribution >= 4 is 33.4 Å². The number of aromatic nitrogens is 2.